The third-order valence-corrected chi connectivity index (χ3v) is 5.32. The number of aromatic nitrogens is 2. The lowest BCUT2D eigenvalue weighted by molar-refractivity contribution is -0.520. The van der Waals surface area contributed by atoms with Gasteiger partial charge in [0.05, 0.1) is 10.0 Å². The van der Waals surface area contributed by atoms with Gasteiger partial charge >= 0.3 is 5.96 Å². The summed E-state index contributed by atoms with van der Waals surface area (Å²) in [7, 11) is 0. The van der Waals surface area contributed by atoms with Crippen LogP contribution in [0.1, 0.15) is 17.4 Å². The van der Waals surface area contributed by atoms with E-state index in [1.807, 2.05) is 12.1 Å². The third kappa shape index (κ3) is 3.58. The monoisotopic (exact) mass is 434 g/mol. The van der Waals surface area contributed by atoms with E-state index in [4.69, 9.17) is 34.8 Å². The number of guanidine groups is 1. The summed E-state index contributed by atoms with van der Waals surface area (Å²) in [5, 5.41) is 7.72. The molecule has 1 aliphatic rings. The highest BCUT2D eigenvalue weighted by Gasteiger charge is 2.29. The molecule has 0 fully saturated rings. The summed E-state index contributed by atoms with van der Waals surface area (Å²) in [4.78, 5) is 20.4. The standard InChI is InChI=1S/C19H14Cl3N5O/c1-10-9-15(28)27-17(11-5-7-12(20)8-6-11)25-18(26-19(27)23-10)24-14-4-2-3-13(21)16(14)22/h2-9,17H,1H3,(H2,23,24,25,26)/p+1. The minimum Gasteiger partial charge on any atom is -0.269 e. The molecule has 1 atom stereocenters. The van der Waals surface area contributed by atoms with Gasteiger partial charge in [0, 0.05) is 22.3 Å². The largest absolute Gasteiger partial charge is 0.357 e. The lowest BCUT2D eigenvalue weighted by Gasteiger charge is -2.23. The highest BCUT2D eigenvalue weighted by molar-refractivity contribution is 6.44. The van der Waals surface area contributed by atoms with Gasteiger partial charge in [0.2, 0.25) is 0 Å². The first-order valence-electron chi connectivity index (χ1n) is 8.39. The molecule has 1 aromatic heterocycles. The van der Waals surface area contributed by atoms with Crippen LogP contribution in [0.25, 0.3) is 0 Å². The van der Waals surface area contributed by atoms with Crippen LogP contribution < -0.4 is 21.2 Å². The molecule has 0 spiro atoms. The maximum Gasteiger partial charge on any atom is 0.357 e. The summed E-state index contributed by atoms with van der Waals surface area (Å²) in [5.41, 5.74) is 1.89. The molecule has 1 aliphatic heterocycles. The number of nitrogens with one attached hydrogen (secondary N) is 3. The van der Waals surface area contributed by atoms with E-state index < -0.39 is 6.17 Å². The van der Waals surface area contributed by atoms with E-state index in [-0.39, 0.29) is 5.56 Å². The second-order valence-electron chi connectivity index (χ2n) is 6.25. The Labute approximate surface area is 175 Å². The van der Waals surface area contributed by atoms with Crippen LogP contribution in [0.5, 0.6) is 0 Å². The summed E-state index contributed by atoms with van der Waals surface area (Å²) >= 11 is 18.4. The van der Waals surface area contributed by atoms with Gasteiger partial charge in [-0.2, -0.15) is 0 Å². The lowest BCUT2D eigenvalue weighted by Crippen LogP contribution is -2.82. The van der Waals surface area contributed by atoms with Crippen molar-refractivity contribution in [2.45, 2.75) is 13.1 Å². The first-order valence-corrected chi connectivity index (χ1v) is 9.53. The van der Waals surface area contributed by atoms with Gasteiger partial charge in [-0.25, -0.2) is 20.2 Å². The van der Waals surface area contributed by atoms with E-state index in [1.165, 1.54) is 6.07 Å². The average Bonchev–Trinajstić information content (AvgIpc) is 2.65. The molecular weight excluding hydrogens is 421 g/mol. The van der Waals surface area contributed by atoms with Crippen molar-refractivity contribution in [1.29, 1.82) is 0 Å². The summed E-state index contributed by atoms with van der Waals surface area (Å²) in [5.74, 6) is 0.922. The van der Waals surface area contributed by atoms with Gasteiger partial charge in [-0.05, 0) is 31.2 Å². The molecule has 3 N–H and O–H groups in total. The predicted molar refractivity (Wildman–Crippen MR) is 113 cm³/mol. The fraction of sp³-hybridized carbons (Fsp3) is 0.105. The normalized spacial score (nSPS) is 15.4. The van der Waals surface area contributed by atoms with Crippen molar-refractivity contribution in [2.75, 3.05) is 10.6 Å². The second kappa shape index (κ2) is 7.47. The van der Waals surface area contributed by atoms with Gasteiger partial charge in [0.25, 0.3) is 11.5 Å². The van der Waals surface area contributed by atoms with E-state index in [9.17, 15) is 4.79 Å². The van der Waals surface area contributed by atoms with Crippen molar-refractivity contribution >= 4 is 52.4 Å². The zero-order valence-corrected chi connectivity index (χ0v) is 16.9. The fourth-order valence-electron chi connectivity index (χ4n) is 2.97. The number of aryl methyl sites for hydroxylation is 1. The van der Waals surface area contributed by atoms with Crippen LogP contribution in [0.3, 0.4) is 0 Å². The quantitative estimate of drug-likeness (QED) is 0.578. The number of hydrogen-bond donors (Lipinski definition) is 3. The zero-order valence-electron chi connectivity index (χ0n) is 14.6. The Kier molecular flexibility index (Phi) is 5.02. The SMILES string of the molecule is Cc1cc(=O)n2c(n1)NC(Nc1cccc(Cl)c1Cl)=[NH+]C2c1ccc(Cl)cc1. The minimum atomic E-state index is -0.491. The molecule has 0 bridgehead atoms. The molecule has 0 aliphatic carbocycles. The lowest BCUT2D eigenvalue weighted by atomic mass is 10.1. The van der Waals surface area contributed by atoms with Crippen LogP contribution in [0.2, 0.25) is 15.1 Å². The van der Waals surface area contributed by atoms with Crippen molar-refractivity contribution in [3.63, 3.8) is 0 Å². The van der Waals surface area contributed by atoms with Gasteiger partial charge in [-0.3, -0.25) is 9.79 Å². The van der Waals surface area contributed by atoms with Crippen LogP contribution in [-0.2, 0) is 0 Å². The van der Waals surface area contributed by atoms with Crippen molar-refractivity contribution < 1.29 is 4.99 Å². The van der Waals surface area contributed by atoms with E-state index in [0.29, 0.717) is 38.4 Å². The van der Waals surface area contributed by atoms with Crippen molar-refractivity contribution in [3.8, 4) is 0 Å². The molecule has 0 radical (unpaired) electrons. The van der Waals surface area contributed by atoms with E-state index in [1.54, 1.807) is 41.8 Å². The van der Waals surface area contributed by atoms with E-state index >= 15 is 0 Å². The van der Waals surface area contributed by atoms with E-state index in [0.717, 1.165) is 5.56 Å². The zero-order chi connectivity index (χ0) is 19.8. The summed E-state index contributed by atoms with van der Waals surface area (Å²) in [6, 6.07) is 14.0. The van der Waals surface area contributed by atoms with Crippen LogP contribution in [-0.4, -0.2) is 15.5 Å². The molecule has 0 saturated carbocycles. The first kappa shape index (κ1) is 18.8. The van der Waals surface area contributed by atoms with Gasteiger partial charge in [0.15, 0.2) is 6.17 Å². The maximum atomic E-state index is 12.6. The van der Waals surface area contributed by atoms with Crippen molar-refractivity contribution in [1.82, 2.24) is 9.55 Å². The number of benzene rings is 2. The topological polar surface area (TPSA) is 72.9 Å². The molecule has 2 heterocycles. The van der Waals surface area contributed by atoms with Crippen molar-refractivity contribution in [2.24, 2.45) is 0 Å². The Bertz CT molecular complexity index is 1140. The molecule has 4 rings (SSSR count). The molecule has 1 unspecified atom stereocenters. The maximum absolute atomic E-state index is 12.6. The molecule has 9 heteroatoms. The van der Waals surface area contributed by atoms with Gasteiger partial charge < -0.3 is 0 Å². The molecule has 142 valence electrons. The number of anilines is 2. The number of rotatable bonds is 2. The average molecular weight is 436 g/mol. The van der Waals surface area contributed by atoms with Crippen LogP contribution in [0, 0.1) is 6.92 Å². The Morgan fingerprint density at radius 3 is 2.64 bits per heavy atom. The molecule has 0 saturated heterocycles. The third-order valence-electron chi connectivity index (χ3n) is 4.25. The fourth-order valence-corrected chi connectivity index (χ4v) is 3.45. The number of hydrogen-bond acceptors (Lipinski definition) is 4. The molecule has 2 aromatic carbocycles. The van der Waals surface area contributed by atoms with E-state index in [2.05, 4.69) is 20.6 Å². The highest BCUT2D eigenvalue weighted by Crippen LogP contribution is 2.29. The number of halogens is 3. The summed E-state index contributed by atoms with van der Waals surface area (Å²) < 4.78 is 1.54. The smallest absolute Gasteiger partial charge is 0.269 e. The Morgan fingerprint density at radius 2 is 1.89 bits per heavy atom. The van der Waals surface area contributed by atoms with Crippen LogP contribution in [0.4, 0.5) is 11.6 Å². The van der Waals surface area contributed by atoms with Gasteiger partial charge in [0.1, 0.15) is 5.69 Å². The number of nitrogens with zero attached hydrogens (tertiary/aromatic N) is 2. The molecule has 6 nitrogen and oxygen atoms in total. The second-order valence-corrected chi connectivity index (χ2v) is 7.48. The predicted octanol–water partition coefficient (Wildman–Crippen LogP) is 3.03. The van der Waals surface area contributed by atoms with Gasteiger partial charge in [-0.1, -0.05) is 53.0 Å². The molecule has 28 heavy (non-hydrogen) atoms. The van der Waals surface area contributed by atoms with Crippen LogP contribution in [0.15, 0.2) is 53.3 Å². The first-order chi connectivity index (χ1) is 13.4. The summed E-state index contributed by atoms with van der Waals surface area (Å²) in [6.07, 6.45) is -0.491. The Morgan fingerprint density at radius 1 is 1.14 bits per heavy atom. The van der Waals surface area contributed by atoms with Crippen molar-refractivity contribution in [3.05, 3.63) is 85.2 Å². The highest BCUT2D eigenvalue weighted by atomic mass is 35.5. The van der Waals surface area contributed by atoms with Crippen LogP contribution >= 0.6 is 34.8 Å². The number of fused-ring (bicyclic) bond motifs is 1. The minimum absolute atomic E-state index is 0.178. The Hall–Kier alpha value is -2.54. The van der Waals surface area contributed by atoms with Gasteiger partial charge in [-0.15, -0.1) is 0 Å². The summed E-state index contributed by atoms with van der Waals surface area (Å²) in [6.45, 7) is 1.77. The molecule has 3 aromatic rings. The molecule has 0 amide bonds. The Balaban J connectivity index is 1.81. The molecular formula is C19H15Cl3N5O+.